The van der Waals surface area contributed by atoms with Crippen molar-refractivity contribution in [1.29, 1.82) is 0 Å². The van der Waals surface area contributed by atoms with Crippen LogP contribution in [0.2, 0.25) is 0 Å². The smallest absolute Gasteiger partial charge is 0.153 e. The molecule has 0 bridgehead atoms. The van der Waals surface area contributed by atoms with Gasteiger partial charge in [0.25, 0.3) is 0 Å². The van der Waals surface area contributed by atoms with Crippen molar-refractivity contribution in [2.45, 2.75) is 6.92 Å². The van der Waals surface area contributed by atoms with Crippen molar-refractivity contribution in [2.75, 3.05) is 0 Å². The SMILES string of the molecule is CC(=O)C=C(c1ccc(F)cc1)c1ccc(F)cc1. The van der Waals surface area contributed by atoms with E-state index in [4.69, 9.17) is 0 Å². The standard InChI is InChI=1S/C16H12F2O/c1-11(19)10-16(12-2-6-14(17)7-3-12)13-4-8-15(18)9-5-13/h2-10H,1H3. The van der Waals surface area contributed by atoms with E-state index in [1.807, 2.05) is 0 Å². The molecule has 2 aromatic carbocycles. The molecule has 0 unspecified atom stereocenters. The number of allylic oxidation sites excluding steroid dienone is 1. The summed E-state index contributed by atoms with van der Waals surface area (Å²) in [6.07, 6.45) is 1.46. The first kappa shape index (κ1) is 13.1. The van der Waals surface area contributed by atoms with Gasteiger partial charge < -0.3 is 0 Å². The molecule has 96 valence electrons. The summed E-state index contributed by atoms with van der Waals surface area (Å²) < 4.78 is 25.9. The quantitative estimate of drug-likeness (QED) is 0.761. The van der Waals surface area contributed by atoms with Crippen molar-refractivity contribution in [1.82, 2.24) is 0 Å². The second-order valence-electron chi connectivity index (χ2n) is 4.18. The van der Waals surface area contributed by atoms with Crippen LogP contribution in [0.25, 0.3) is 5.57 Å². The van der Waals surface area contributed by atoms with Crippen LogP contribution in [0.5, 0.6) is 0 Å². The molecule has 0 atom stereocenters. The van der Waals surface area contributed by atoms with E-state index in [1.165, 1.54) is 37.3 Å². The lowest BCUT2D eigenvalue weighted by atomic mass is 9.97. The summed E-state index contributed by atoms with van der Waals surface area (Å²) in [5, 5.41) is 0. The van der Waals surface area contributed by atoms with E-state index in [2.05, 4.69) is 0 Å². The first-order chi connectivity index (χ1) is 9.06. The molecule has 3 heteroatoms. The van der Waals surface area contributed by atoms with Crippen molar-refractivity contribution >= 4 is 11.4 Å². The minimum Gasteiger partial charge on any atom is -0.295 e. The fraction of sp³-hybridized carbons (Fsp3) is 0.0625. The molecule has 0 N–H and O–H groups in total. The van der Waals surface area contributed by atoms with E-state index in [9.17, 15) is 13.6 Å². The molecule has 19 heavy (non-hydrogen) atoms. The monoisotopic (exact) mass is 258 g/mol. The van der Waals surface area contributed by atoms with Crippen LogP contribution in [0.3, 0.4) is 0 Å². The third-order valence-electron chi connectivity index (χ3n) is 2.66. The summed E-state index contributed by atoms with van der Waals surface area (Å²) in [6, 6.07) is 11.7. The van der Waals surface area contributed by atoms with E-state index in [0.717, 1.165) is 0 Å². The zero-order chi connectivity index (χ0) is 13.8. The zero-order valence-corrected chi connectivity index (χ0v) is 10.4. The number of hydrogen-bond acceptors (Lipinski definition) is 1. The first-order valence-electron chi connectivity index (χ1n) is 5.80. The minimum absolute atomic E-state index is 0.122. The van der Waals surface area contributed by atoms with Crippen molar-refractivity contribution < 1.29 is 13.6 Å². The molecule has 0 heterocycles. The van der Waals surface area contributed by atoms with Gasteiger partial charge in [0.2, 0.25) is 0 Å². The molecule has 0 aliphatic rings. The van der Waals surface area contributed by atoms with Crippen LogP contribution in [0.4, 0.5) is 8.78 Å². The molecule has 0 amide bonds. The van der Waals surface area contributed by atoms with Crippen molar-refractivity contribution in [3.05, 3.63) is 77.4 Å². The van der Waals surface area contributed by atoms with Crippen LogP contribution in [0.15, 0.2) is 54.6 Å². The molecule has 0 saturated carbocycles. The predicted octanol–water partition coefficient (Wildman–Crippen LogP) is 3.99. The van der Waals surface area contributed by atoms with Gasteiger partial charge in [-0.3, -0.25) is 4.79 Å². The Kier molecular flexibility index (Phi) is 3.85. The van der Waals surface area contributed by atoms with E-state index in [0.29, 0.717) is 16.7 Å². The zero-order valence-electron chi connectivity index (χ0n) is 10.4. The lowest BCUT2D eigenvalue weighted by Crippen LogP contribution is -1.93. The Morgan fingerprint density at radius 1 is 0.842 bits per heavy atom. The Bertz CT molecular complexity index is 563. The second kappa shape index (κ2) is 5.57. The lowest BCUT2D eigenvalue weighted by Gasteiger charge is -2.08. The molecule has 0 aromatic heterocycles. The highest BCUT2D eigenvalue weighted by Crippen LogP contribution is 2.24. The Labute approximate surface area is 110 Å². The summed E-state index contributed by atoms with van der Waals surface area (Å²) in [5.41, 5.74) is 2.07. The molecule has 2 aromatic rings. The van der Waals surface area contributed by atoms with Crippen LogP contribution in [-0.4, -0.2) is 5.78 Å². The van der Waals surface area contributed by atoms with E-state index < -0.39 is 0 Å². The summed E-state index contributed by atoms with van der Waals surface area (Å²) in [5.74, 6) is -0.807. The van der Waals surface area contributed by atoms with Crippen LogP contribution in [-0.2, 0) is 4.79 Å². The van der Waals surface area contributed by atoms with Crippen LogP contribution in [0.1, 0.15) is 18.1 Å². The lowest BCUT2D eigenvalue weighted by molar-refractivity contribution is -0.112. The summed E-state index contributed by atoms with van der Waals surface area (Å²) in [4.78, 5) is 11.3. The number of benzene rings is 2. The third-order valence-corrected chi connectivity index (χ3v) is 2.66. The maximum absolute atomic E-state index is 12.9. The van der Waals surface area contributed by atoms with Crippen LogP contribution < -0.4 is 0 Å². The minimum atomic E-state index is -0.343. The van der Waals surface area contributed by atoms with Gasteiger partial charge >= 0.3 is 0 Å². The molecular weight excluding hydrogens is 246 g/mol. The van der Waals surface area contributed by atoms with Gasteiger partial charge in [0, 0.05) is 0 Å². The summed E-state index contributed by atoms with van der Waals surface area (Å²) in [7, 11) is 0. The average molecular weight is 258 g/mol. The van der Waals surface area contributed by atoms with E-state index in [-0.39, 0.29) is 17.4 Å². The highest BCUT2D eigenvalue weighted by atomic mass is 19.1. The molecule has 2 rings (SSSR count). The van der Waals surface area contributed by atoms with Crippen molar-refractivity contribution in [2.24, 2.45) is 0 Å². The van der Waals surface area contributed by atoms with Gasteiger partial charge in [0.1, 0.15) is 11.6 Å². The van der Waals surface area contributed by atoms with Crippen LogP contribution >= 0.6 is 0 Å². The number of hydrogen-bond donors (Lipinski definition) is 0. The summed E-state index contributed by atoms with van der Waals surface area (Å²) >= 11 is 0. The molecular formula is C16H12F2O. The highest BCUT2D eigenvalue weighted by Gasteiger charge is 2.07. The Morgan fingerprint density at radius 2 is 1.21 bits per heavy atom. The maximum atomic E-state index is 12.9. The largest absolute Gasteiger partial charge is 0.295 e. The number of rotatable bonds is 3. The molecule has 0 aliphatic carbocycles. The number of carbonyl (C=O) groups excluding carboxylic acids is 1. The second-order valence-corrected chi connectivity index (χ2v) is 4.18. The molecule has 1 nitrogen and oxygen atoms in total. The Morgan fingerprint density at radius 3 is 1.53 bits per heavy atom. The predicted molar refractivity (Wildman–Crippen MR) is 70.6 cm³/mol. The molecule has 0 spiro atoms. The van der Waals surface area contributed by atoms with Crippen molar-refractivity contribution in [3.63, 3.8) is 0 Å². The highest BCUT2D eigenvalue weighted by molar-refractivity contribution is 5.99. The number of carbonyl (C=O) groups is 1. The molecule has 0 fully saturated rings. The maximum Gasteiger partial charge on any atom is 0.153 e. The van der Waals surface area contributed by atoms with Crippen molar-refractivity contribution in [3.8, 4) is 0 Å². The molecule has 0 aliphatic heterocycles. The van der Waals surface area contributed by atoms with Gasteiger partial charge in [-0.1, -0.05) is 24.3 Å². The van der Waals surface area contributed by atoms with Gasteiger partial charge in [0.05, 0.1) is 0 Å². The fourth-order valence-corrected chi connectivity index (χ4v) is 1.80. The topological polar surface area (TPSA) is 17.1 Å². The van der Waals surface area contributed by atoms with Gasteiger partial charge in [-0.2, -0.15) is 0 Å². The molecule has 0 radical (unpaired) electrons. The van der Waals surface area contributed by atoms with Crippen LogP contribution in [0, 0.1) is 11.6 Å². The Balaban J connectivity index is 2.50. The molecule has 0 saturated heterocycles. The van der Waals surface area contributed by atoms with Gasteiger partial charge in [-0.05, 0) is 54.0 Å². The van der Waals surface area contributed by atoms with E-state index >= 15 is 0 Å². The normalized spacial score (nSPS) is 10.1. The summed E-state index contributed by atoms with van der Waals surface area (Å²) in [6.45, 7) is 1.44. The van der Waals surface area contributed by atoms with Gasteiger partial charge in [0.15, 0.2) is 5.78 Å². The fourth-order valence-electron chi connectivity index (χ4n) is 1.80. The number of ketones is 1. The Hall–Kier alpha value is -2.29. The average Bonchev–Trinajstić information content (AvgIpc) is 2.38. The van der Waals surface area contributed by atoms with E-state index in [1.54, 1.807) is 24.3 Å². The van der Waals surface area contributed by atoms with Gasteiger partial charge in [-0.15, -0.1) is 0 Å². The number of halogens is 2. The van der Waals surface area contributed by atoms with Gasteiger partial charge in [-0.25, -0.2) is 8.78 Å². The first-order valence-corrected chi connectivity index (χ1v) is 5.80. The third kappa shape index (κ3) is 3.35.